The second-order valence-electron chi connectivity index (χ2n) is 5.01. The van der Waals surface area contributed by atoms with Crippen molar-refractivity contribution in [2.75, 3.05) is 0 Å². The summed E-state index contributed by atoms with van der Waals surface area (Å²) < 4.78 is 0. The summed E-state index contributed by atoms with van der Waals surface area (Å²) in [6.07, 6.45) is 0.0623. The number of carboxylic acids is 1. The van der Waals surface area contributed by atoms with Crippen molar-refractivity contribution in [3.63, 3.8) is 0 Å². The lowest BCUT2D eigenvalue weighted by molar-refractivity contribution is -0.142. The molecular weight excluding hydrogens is 230 g/mol. The van der Waals surface area contributed by atoms with Crippen LogP contribution >= 0.6 is 0 Å². The van der Waals surface area contributed by atoms with Gasteiger partial charge in [-0.2, -0.15) is 0 Å². The van der Waals surface area contributed by atoms with E-state index in [1.807, 2.05) is 32.9 Å². The average Bonchev–Trinajstić information content (AvgIpc) is 2.58. The molecule has 0 radical (unpaired) electrons. The van der Waals surface area contributed by atoms with Crippen LogP contribution in [0.3, 0.4) is 0 Å². The highest BCUT2D eigenvalue weighted by Crippen LogP contribution is 2.34. The average molecular weight is 247 g/mol. The van der Waals surface area contributed by atoms with E-state index in [-0.39, 0.29) is 12.3 Å². The highest BCUT2D eigenvalue weighted by molar-refractivity contribution is 5.87. The van der Waals surface area contributed by atoms with E-state index in [0.29, 0.717) is 0 Å². The van der Waals surface area contributed by atoms with Gasteiger partial charge < -0.3 is 10.4 Å². The zero-order chi connectivity index (χ0) is 13.4. The summed E-state index contributed by atoms with van der Waals surface area (Å²) in [5.41, 5.74) is 4.15. The van der Waals surface area contributed by atoms with E-state index in [0.717, 1.165) is 22.3 Å². The number of carbonyl (C=O) groups excluding carboxylic acids is 1. The lowest BCUT2D eigenvalue weighted by atomic mass is 9.87. The van der Waals surface area contributed by atoms with Crippen LogP contribution in [0, 0.1) is 26.7 Å². The molecule has 1 aliphatic heterocycles. The number of aliphatic carboxylic acids is 1. The minimum Gasteiger partial charge on any atom is -0.481 e. The predicted molar refractivity (Wildman–Crippen MR) is 67.3 cm³/mol. The van der Waals surface area contributed by atoms with Gasteiger partial charge in [-0.15, -0.1) is 0 Å². The molecule has 0 bridgehead atoms. The van der Waals surface area contributed by atoms with Gasteiger partial charge in [0.25, 0.3) is 0 Å². The zero-order valence-corrected chi connectivity index (χ0v) is 10.8. The molecule has 96 valence electrons. The summed E-state index contributed by atoms with van der Waals surface area (Å²) in [4.78, 5) is 22.7. The van der Waals surface area contributed by atoms with Gasteiger partial charge in [0.2, 0.25) is 5.91 Å². The molecule has 1 aromatic rings. The first kappa shape index (κ1) is 12.6. The monoisotopic (exact) mass is 247 g/mol. The number of hydrogen-bond acceptors (Lipinski definition) is 2. The molecule has 1 aromatic carbocycles. The zero-order valence-electron chi connectivity index (χ0n) is 10.8. The molecule has 4 heteroatoms. The SMILES string of the molecule is Cc1cc(C)c(C2NC(=O)CC2C(=O)O)c(C)c1. The number of rotatable bonds is 2. The summed E-state index contributed by atoms with van der Waals surface area (Å²) in [7, 11) is 0. The van der Waals surface area contributed by atoms with Crippen LogP contribution in [0.1, 0.15) is 34.7 Å². The van der Waals surface area contributed by atoms with Gasteiger partial charge in [-0.1, -0.05) is 17.7 Å². The quantitative estimate of drug-likeness (QED) is 0.838. The second kappa shape index (κ2) is 4.44. The van der Waals surface area contributed by atoms with Gasteiger partial charge in [0.05, 0.1) is 12.0 Å². The van der Waals surface area contributed by atoms with Crippen molar-refractivity contribution in [1.82, 2.24) is 5.32 Å². The smallest absolute Gasteiger partial charge is 0.309 e. The fourth-order valence-electron chi connectivity index (χ4n) is 2.84. The normalized spacial score (nSPS) is 22.9. The molecule has 2 unspecified atom stereocenters. The van der Waals surface area contributed by atoms with Crippen LogP contribution in [0.2, 0.25) is 0 Å². The summed E-state index contributed by atoms with van der Waals surface area (Å²) in [5, 5.41) is 12.0. The number of nitrogens with one attached hydrogen (secondary N) is 1. The Balaban J connectivity index is 2.48. The van der Waals surface area contributed by atoms with Crippen LogP contribution < -0.4 is 5.32 Å². The van der Waals surface area contributed by atoms with E-state index in [1.54, 1.807) is 0 Å². The Kier molecular flexibility index (Phi) is 3.11. The van der Waals surface area contributed by atoms with Crippen LogP contribution in [0.4, 0.5) is 0 Å². The lowest BCUT2D eigenvalue weighted by Crippen LogP contribution is -2.26. The topological polar surface area (TPSA) is 66.4 Å². The lowest BCUT2D eigenvalue weighted by Gasteiger charge is -2.21. The minimum absolute atomic E-state index is 0.0623. The molecule has 1 saturated heterocycles. The Bertz CT molecular complexity index is 499. The maximum atomic E-state index is 11.5. The fourth-order valence-corrected chi connectivity index (χ4v) is 2.84. The molecule has 4 nitrogen and oxygen atoms in total. The number of amides is 1. The Morgan fingerprint density at radius 2 is 1.83 bits per heavy atom. The highest BCUT2D eigenvalue weighted by atomic mass is 16.4. The van der Waals surface area contributed by atoms with Crippen molar-refractivity contribution < 1.29 is 14.7 Å². The van der Waals surface area contributed by atoms with Gasteiger partial charge >= 0.3 is 5.97 Å². The molecule has 1 fully saturated rings. The van der Waals surface area contributed by atoms with Crippen LogP contribution in [-0.2, 0) is 9.59 Å². The molecule has 1 heterocycles. The Labute approximate surface area is 106 Å². The molecule has 0 saturated carbocycles. The number of carbonyl (C=O) groups is 2. The van der Waals surface area contributed by atoms with Crippen molar-refractivity contribution in [2.24, 2.45) is 5.92 Å². The summed E-state index contributed by atoms with van der Waals surface area (Å²) in [6, 6.07) is 3.63. The number of carboxylic acid groups (broad SMARTS) is 1. The van der Waals surface area contributed by atoms with E-state index in [2.05, 4.69) is 5.32 Å². The Morgan fingerprint density at radius 1 is 1.28 bits per heavy atom. The third-order valence-corrected chi connectivity index (χ3v) is 3.49. The summed E-state index contributed by atoms with van der Waals surface area (Å²) in [6.45, 7) is 5.92. The van der Waals surface area contributed by atoms with E-state index in [1.165, 1.54) is 0 Å². The standard InChI is InChI=1S/C14H17NO3/c1-7-4-8(2)12(9(3)5-7)13-10(14(17)18)6-11(16)15-13/h4-5,10,13H,6H2,1-3H3,(H,15,16)(H,17,18). The largest absolute Gasteiger partial charge is 0.481 e. The molecule has 18 heavy (non-hydrogen) atoms. The highest BCUT2D eigenvalue weighted by Gasteiger charge is 2.39. The number of benzene rings is 1. The maximum Gasteiger partial charge on any atom is 0.309 e. The van der Waals surface area contributed by atoms with E-state index in [4.69, 9.17) is 0 Å². The van der Waals surface area contributed by atoms with Crippen molar-refractivity contribution in [1.29, 1.82) is 0 Å². The van der Waals surface area contributed by atoms with Gasteiger partial charge in [0.15, 0.2) is 0 Å². The third-order valence-electron chi connectivity index (χ3n) is 3.49. The predicted octanol–water partition coefficient (Wildman–Crippen LogP) is 1.87. The third kappa shape index (κ3) is 2.10. The molecule has 2 N–H and O–H groups in total. The first-order valence-electron chi connectivity index (χ1n) is 6.00. The summed E-state index contributed by atoms with van der Waals surface area (Å²) in [5.74, 6) is -1.78. The number of aryl methyl sites for hydroxylation is 3. The van der Waals surface area contributed by atoms with Crippen molar-refractivity contribution >= 4 is 11.9 Å². The Morgan fingerprint density at radius 3 is 2.33 bits per heavy atom. The van der Waals surface area contributed by atoms with Crippen molar-refractivity contribution in [3.05, 3.63) is 34.4 Å². The van der Waals surface area contributed by atoms with Gasteiger partial charge in [0.1, 0.15) is 0 Å². The van der Waals surface area contributed by atoms with Gasteiger partial charge in [-0.25, -0.2) is 0 Å². The van der Waals surface area contributed by atoms with Gasteiger partial charge in [-0.3, -0.25) is 9.59 Å². The maximum absolute atomic E-state index is 11.5. The van der Waals surface area contributed by atoms with Crippen molar-refractivity contribution in [3.8, 4) is 0 Å². The molecule has 0 spiro atoms. The van der Waals surface area contributed by atoms with E-state index >= 15 is 0 Å². The molecule has 0 aromatic heterocycles. The Hall–Kier alpha value is -1.84. The van der Waals surface area contributed by atoms with Crippen LogP contribution in [0.25, 0.3) is 0 Å². The first-order valence-corrected chi connectivity index (χ1v) is 6.00. The molecule has 2 atom stereocenters. The molecule has 1 amide bonds. The van der Waals surface area contributed by atoms with Crippen LogP contribution in [0.15, 0.2) is 12.1 Å². The molecular formula is C14H17NO3. The van der Waals surface area contributed by atoms with Crippen LogP contribution in [0.5, 0.6) is 0 Å². The van der Waals surface area contributed by atoms with Crippen LogP contribution in [-0.4, -0.2) is 17.0 Å². The first-order chi connectivity index (χ1) is 8.40. The van der Waals surface area contributed by atoms with Gasteiger partial charge in [0, 0.05) is 6.42 Å². The molecule has 0 aliphatic carbocycles. The number of hydrogen-bond donors (Lipinski definition) is 2. The van der Waals surface area contributed by atoms with E-state index in [9.17, 15) is 14.7 Å². The summed E-state index contributed by atoms with van der Waals surface area (Å²) >= 11 is 0. The van der Waals surface area contributed by atoms with E-state index < -0.39 is 17.9 Å². The van der Waals surface area contributed by atoms with Gasteiger partial charge in [-0.05, 0) is 37.5 Å². The minimum atomic E-state index is -0.919. The molecule has 1 aliphatic rings. The fraction of sp³-hybridized carbons (Fsp3) is 0.429. The second-order valence-corrected chi connectivity index (χ2v) is 5.01. The van der Waals surface area contributed by atoms with Crippen molar-refractivity contribution in [2.45, 2.75) is 33.2 Å². The molecule has 2 rings (SSSR count).